The van der Waals surface area contributed by atoms with Crippen molar-refractivity contribution in [2.45, 2.75) is 80.2 Å². The fraction of sp³-hybridized carbons (Fsp3) is 0.708. The van der Waals surface area contributed by atoms with Gasteiger partial charge in [0.2, 0.25) is 23.6 Å². The van der Waals surface area contributed by atoms with Crippen LogP contribution in [0.1, 0.15) is 74.1 Å². The minimum atomic E-state index is -1.21. The zero-order valence-electron chi connectivity index (χ0n) is 24.6. The van der Waals surface area contributed by atoms with E-state index in [4.69, 9.17) is 22.6 Å². The van der Waals surface area contributed by atoms with Crippen LogP contribution in [0.3, 0.4) is 0 Å². The molecule has 15 heteroatoms. The van der Waals surface area contributed by atoms with Gasteiger partial charge < -0.3 is 43.2 Å². The number of carbonyl (C=O) groups is 5. The third kappa shape index (κ3) is 30.2. The second-order valence-electron chi connectivity index (χ2n) is 7.31. The van der Waals surface area contributed by atoms with Crippen molar-refractivity contribution < 1.29 is 29.1 Å². The van der Waals surface area contributed by atoms with Crippen LogP contribution in [0.25, 0.3) is 0 Å². The van der Waals surface area contributed by atoms with Gasteiger partial charge in [-0.25, -0.2) is 4.79 Å². The molecule has 0 bridgehead atoms. The number of carboxylic acid groups (broad SMARTS) is 1. The maximum Gasteiger partial charge on any atom is 0.326 e. The average Bonchev–Trinajstić information content (AvgIpc) is 2.88. The molecule has 39 heavy (non-hydrogen) atoms. The Morgan fingerprint density at radius 3 is 1.87 bits per heavy atom. The number of carboxylic acids is 1. The normalized spacial score (nSPS) is 9.72. The summed E-state index contributed by atoms with van der Waals surface area (Å²) in [6, 6.07) is -1.15. The summed E-state index contributed by atoms with van der Waals surface area (Å²) in [5, 5.41) is 22.7. The van der Waals surface area contributed by atoms with E-state index in [9.17, 15) is 29.1 Å². The highest BCUT2D eigenvalue weighted by Crippen LogP contribution is 2.00. The number of carbonyl (C=O) groups excluding carboxylic acids is 4. The Bertz CT molecular complexity index is 752. The van der Waals surface area contributed by atoms with Gasteiger partial charge in [-0.1, -0.05) is 41.5 Å². The molecule has 228 valence electrons. The first-order valence-electron chi connectivity index (χ1n) is 13.0. The van der Waals surface area contributed by atoms with Gasteiger partial charge in [0.05, 0.1) is 25.5 Å². The van der Waals surface area contributed by atoms with Crippen LogP contribution in [0, 0.1) is 5.41 Å². The number of hydrogen-bond donors (Lipinski definition) is 8. The van der Waals surface area contributed by atoms with E-state index in [1.807, 2.05) is 27.7 Å². The Morgan fingerprint density at radius 1 is 0.923 bits per heavy atom. The minimum absolute atomic E-state index is 0.107. The molecule has 0 saturated heterocycles. The zero-order chi connectivity index (χ0) is 31.4. The third-order valence-electron chi connectivity index (χ3n) is 3.96. The van der Waals surface area contributed by atoms with Crippen LogP contribution in [-0.2, 0) is 24.0 Å². The lowest BCUT2D eigenvalue weighted by molar-refractivity contribution is -0.143. The van der Waals surface area contributed by atoms with Crippen molar-refractivity contribution in [1.29, 1.82) is 5.41 Å². The van der Waals surface area contributed by atoms with E-state index in [-0.39, 0.29) is 63.3 Å². The molecule has 1 unspecified atom stereocenters. The van der Waals surface area contributed by atoms with Crippen LogP contribution in [0.2, 0.25) is 0 Å². The van der Waals surface area contributed by atoms with Crippen molar-refractivity contribution in [2.24, 2.45) is 22.2 Å². The fourth-order valence-corrected chi connectivity index (χ4v) is 2.39. The van der Waals surface area contributed by atoms with E-state index in [0.29, 0.717) is 12.8 Å². The zero-order valence-corrected chi connectivity index (χ0v) is 24.6. The first-order valence-corrected chi connectivity index (χ1v) is 13.0. The van der Waals surface area contributed by atoms with Crippen LogP contribution in [0.5, 0.6) is 0 Å². The predicted octanol–water partition coefficient (Wildman–Crippen LogP) is -0.515. The van der Waals surface area contributed by atoms with Crippen LogP contribution in [-0.4, -0.2) is 90.2 Å². The van der Waals surface area contributed by atoms with Crippen molar-refractivity contribution >= 4 is 41.4 Å². The number of aliphatic carboxylic acids is 1. The van der Waals surface area contributed by atoms with E-state index in [0.717, 1.165) is 0 Å². The van der Waals surface area contributed by atoms with Gasteiger partial charge in [0.1, 0.15) is 6.04 Å². The molecular formula is C24H51N9O6. The second kappa shape index (κ2) is 28.7. The molecule has 0 fully saturated rings. The number of aliphatic imine (C=N–C) groups is 1. The molecule has 0 aromatic heterocycles. The van der Waals surface area contributed by atoms with E-state index in [2.05, 4.69) is 20.9 Å². The predicted molar refractivity (Wildman–Crippen MR) is 153 cm³/mol. The number of amidine groups is 1. The summed E-state index contributed by atoms with van der Waals surface area (Å²) >= 11 is 0. The molecule has 0 aliphatic heterocycles. The molecule has 1 atom stereocenters. The van der Waals surface area contributed by atoms with Crippen molar-refractivity contribution in [3.8, 4) is 0 Å². The fourth-order valence-electron chi connectivity index (χ4n) is 2.39. The molecule has 0 aromatic carbocycles. The maximum atomic E-state index is 12.4. The molecule has 0 heterocycles. The third-order valence-corrected chi connectivity index (χ3v) is 3.96. The molecule has 0 aromatic rings. The molecule has 0 spiro atoms. The second-order valence-corrected chi connectivity index (χ2v) is 7.31. The average molecular weight is 562 g/mol. The monoisotopic (exact) mass is 561 g/mol. The summed E-state index contributed by atoms with van der Waals surface area (Å²) in [4.78, 5) is 63.8. The molecule has 0 saturated carbocycles. The van der Waals surface area contributed by atoms with Gasteiger partial charge >= 0.3 is 5.97 Å². The Morgan fingerprint density at radius 2 is 1.44 bits per heavy atom. The Balaban J connectivity index is -0.000000681. The van der Waals surface area contributed by atoms with E-state index in [1.54, 1.807) is 13.8 Å². The van der Waals surface area contributed by atoms with Gasteiger partial charge in [0, 0.05) is 19.5 Å². The van der Waals surface area contributed by atoms with Crippen molar-refractivity contribution in [3.05, 3.63) is 0 Å². The maximum absolute atomic E-state index is 12.4. The van der Waals surface area contributed by atoms with E-state index < -0.39 is 29.7 Å². The lowest BCUT2D eigenvalue weighted by Gasteiger charge is -2.23. The molecule has 4 amide bonds. The number of amides is 4. The number of guanidine groups is 1. The summed E-state index contributed by atoms with van der Waals surface area (Å²) in [6.07, 6.45) is 1.24. The van der Waals surface area contributed by atoms with E-state index in [1.165, 1.54) is 11.8 Å². The number of hydrogen-bond acceptors (Lipinski definition) is 7. The molecule has 11 N–H and O–H groups in total. The number of nitrogens with two attached hydrogens (primary N) is 3. The molecular weight excluding hydrogens is 510 g/mol. The highest BCUT2D eigenvalue weighted by Gasteiger charge is 2.22. The summed E-state index contributed by atoms with van der Waals surface area (Å²) in [5.74, 6) is -3.14. The summed E-state index contributed by atoms with van der Waals surface area (Å²) in [7, 11) is 0. The summed E-state index contributed by atoms with van der Waals surface area (Å²) < 4.78 is 0. The molecule has 0 aliphatic carbocycles. The molecule has 0 aliphatic rings. The Hall–Kier alpha value is -3.91. The first-order chi connectivity index (χ1) is 18.3. The summed E-state index contributed by atoms with van der Waals surface area (Å²) in [6.45, 7) is 12.5. The van der Waals surface area contributed by atoms with Gasteiger partial charge in [-0.05, 0) is 26.2 Å². The standard InChI is InChI=1S/C18H33N7O6.C2H6N2.2C2H6/c1-3-8-25(16(29)10-23-14(27)9-22-13(26)4-2)11-15(28)24-12(17(30)31)6-5-7-21-18(19)20;1-2(3)4;2*1-2/h12H,3-11H2,1-2H3,(H,22,26)(H,23,27)(H,24,28)(H,30,31)(H4,19,20,21);1H3,(H3,3,4);2*1-2H3. The number of nitrogens with zero attached hydrogens (tertiary/aromatic N) is 2. The highest BCUT2D eigenvalue weighted by molar-refractivity contribution is 5.91. The molecule has 0 radical (unpaired) electrons. The van der Waals surface area contributed by atoms with Crippen molar-refractivity contribution in [2.75, 3.05) is 32.7 Å². The minimum Gasteiger partial charge on any atom is -0.480 e. The van der Waals surface area contributed by atoms with Gasteiger partial charge in [0.25, 0.3) is 0 Å². The van der Waals surface area contributed by atoms with Crippen molar-refractivity contribution in [1.82, 2.24) is 20.9 Å². The number of rotatable bonds is 15. The molecule has 0 rings (SSSR count). The van der Waals surface area contributed by atoms with Crippen LogP contribution in [0.4, 0.5) is 0 Å². The Labute approximate surface area is 232 Å². The first kappa shape index (κ1) is 42.2. The topological polar surface area (TPSA) is 259 Å². The van der Waals surface area contributed by atoms with Gasteiger partial charge in [-0.2, -0.15) is 0 Å². The van der Waals surface area contributed by atoms with Gasteiger partial charge in [0.15, 0.2) is 5.96 Å². The smallest absolute Gasteiger partial charge is 0.326 e. The van der Waals surface area contributed by atoms with Crippen LogP contribution in [0.15, 0.2) is 4.99 Å². The summed E-state index contributed by atoms with van der Waals surface area (Å²) in [5.41, 5.74) is 15.1. The van der Waals surface area contributed by atoms with Crippen LogP contribution < -0.4 is 33.2 Å². The van der Waals surface area contributed by atoms with Gasteiger partial charge in [-0.3, -0.25) is 29.6 Å². The Kier molecular flexibility index (Phi) is 31.0. The van der Waals surface area contributed by atoms with E-state index >= 15 is 0 Å². The quantitative estimate of drug-likeness (QED) is 0.0725. The SMILES string of the molecule is CC.CC.CC(=N)N.CCCN(CC(=O)NC(CCCN=C(N)N)C(=O)O)C(=O)CNC(=O)CNC(=O)CC. The number of nitrogens with one attached hydrogen (secondary N) is 4. The lowest BCUT2D eigenvalue weighted by atomic mass is 10.1. The largest absolute Gasteiger partial charge is 0.480 e. The van der Waals surface area contributed by atoms with Crippen LogP contribution >= 0.6 is 0 Å². The molecule has 15 nitrogen and oxygen atoms in total. The highest BCUT2D eigenvalue weighted by atomic mass is 16.4. The lowest BCUT2D eigenvalue weighted by Crippen LogP contribution is -2.49. The van der Waals surface area contributed by atoms with Gasteiger partial charge in [-0.15, -0.1) is 0 Å². The van der Waals surface area contributed by atoms with Crippen molar-refractivity contribution in [3.63, 3.8) is 0 Å².